The van der Waals surface area contributed by atoms with E-state index >= 15 is 0 Å². The Kier molecular flexibility index (Phi) is 2.36. The average molecular weight is 180 g/mol. The molecule has 1 aliphatic carbocycles. The fourth-order valence-corrected chi connectivity index (χ4v) is 2.11. The van der Waals surface area contributed by atoms with Crippen molar-refractivity contribution in [3.05, 3.63) is 17.0 Å². The van der Waals surface area contributed by atoms with Gasteiger partial charge < -0.3 is 10.3 Å². The van der Waals surface area contributed by atoms with Crippen molar-refractivity contribution >= 4 is 0 Å². The average Bonchev–Trinajstić information content (AvgIpc) is 2.48. The maximum atomic E-state index is 5.54. The third-order valence-electron chi connectivity index (χ3n) is 2.92. The molecule has 0 aromatic carbocycles. The summed E-state index contributed by atoms with van der Waals surface area (Å²) in [6.45, 7) is 2.80. The van der Waals surface area contributed by atoms with E-state index in [2.05, 4.69) is 5.16 Å². The molecule has 1 aliphatic rings. The number of rotatable bonds is 2. The van der Waals surface area contributed by atoms with Gasteiger partial charge in [0.25, 0.3) is 0 Å². The Bertz CT molecular complexity index is 293. The summed E-state index contributed by atoms with van der Waals surface area (Å²) in [6, 6.07) is 0. The van der Waals surface area contributed by atoms with Crippen molar-refractivity contribution < 1.29 is 4.52 Å². The first-order valence-electron chi connectivity index (χ1n) is 4.95. The predicted octanol–water partition coefficient (Wildman–Crippen LogP) is 1.44. The topological polar surface area (TPSA) is 52.0 Å². The standard InChI is InChI=1S/C10H16N2O/c1-7-9-3-2-8(4-5-11)6-10(9)13-12-7/h8H,2-6,11H2,1H3. The zero-order valence-corrected chi connectivity index (χ0v) is 8.05. The fraction of sp³-hybridized carbons (Fsp3) is 0.700. The minimum Gasteiger partial charge on any atom is -0.361 e. The first kappa shape index (κ1) is 8.75. The molecular weight excluding hydrogens is 164 g/mol. The fourth-order valence-electron chi connectivity index (χ4n) is 2.11. The van der Waals surface area contributed by atoms with Crippen molar-refractivity contribution in [1.29, 1.82) is 0 Å². The molecule has 13 heavy (non-hydrogen) atoms. The Balaban J connectivity index is 2.11. The number of nitrogens with zero attached hydrogens (tertiary/aromatic N) is 1. The molecule has 0 amide bonds. The second kappa shape index (κ2) is 3.50. The quantitative estimate of drug-likeness (QED) is 0.749. The van der Waals surface area contributed by atoms with E-state index in [1.54, 1.807) is 0 Å². The van der Waals surface area contributed by atoms with Crippen LogP contribution in [0.15, 0.2) is 4.52 Å². The molecule has 0 fully saturated rings. The number of fused-ring (bicyclic) bond motifs is 1. The van der Waals surface area contributed by atoms with Gasteiger partial charge in [0.2, 0.25) is 0 Å². The highest BCUT2D eigenvalue weighted by atomic mass is 16.5. The van der Waals surface area contributed by atoms with Gasteiger partial charge in [-0.15, -0.1) is 0 Å². The lowest BCUT2D eigenvalue weighted by molar-refractivity contribution is 0.328. The summed E-state index contributed by atoms with van der Waals surface area (Å²) in [7, 11) is 0. The van der Waals surface area contributed by atoms with Gasteiger partial charge in [-0.05, 0) is 38.6 Å². The molecule has 3 nitrogen and oxygen atoms in total. The highest BCUT2D eigenvalue weighted by molar-refractivity contribution is 5.24. The van der Waals surface area contributed by atoms with Crippen LogP contribution in [0.1, 0.15) is 29.9 Å². The van der Waals surface area contributed by atoms with Crippen LogP contribution in [-0.4, -0.2) is 11.7 Å². The molecule has 1 atom stereocenters. The monoisotopic (exact) mass is 180 g/mol. The molecule has 72 valence electrons. The van der Waals surface area contributed by atoms with Crippen LogP contribution in [0.5, 0.6) is 0 Å². The van der Waals surface area contributed by atoms with Gasteiger partial charge in [-0.2, -0.15) is 0 Å². The van der Waals surface area contributed by atoms with Crippen LogP contribution >= 0.6 is 0 Å². The minimum atomic E-state index is 0.713. The van der Waals surface area contributed by atoms with Gasteiger partial charge in [-0.3, -0.25) is 0 Å². The molecule has 0 aliphatic heterocycles. The summed E-state index contributed by atoms with van der Waals surface area (Å²) in [5.41, 5.74) is 7.95. The molecule has 0 saturated carbocycles. The number of aromatic nitrogens is 1. The molecular formula is C10H16N2O. The zero-order chi connectivity index (χ0) is 9.26. The molecule has 2 rings (SSSR count). The molecule has 0 saturated heterocycles. The van der Waals surface area contributed by atoms with Crippen molar-refractivity contribution in [3.63, 3.8) is 0 Å². The van der Waals surface area contributed by atoms with E-state index in [0.717, 1.165) is 37.3 Å². The predicted molar refractivity (Wildman–Crippen MR) is 50.4 cm³/mol. The Hall–Kier alpha value is -0.830. The van der Waals surface area contributed by atoms with Crippen LogP contribution < -0.4 is 5.73 Å². The third kappa shape index (κ3) is 1.61. The van der Waals surface area contributed by atoms with E-state index < -0.39 is 0 Å². The smallest absolute Gasteiger partial charge is 0.140 e. The molecule has 2 N–H and O–H groups in total. The maximum absolute atomic E-state index is 5.54. The third-order valence-corrected chi connectivity index (χ3v) is 2.92. The second-order valence-electron chi connectivity index (χ2n) is 3.86. The normalized spacial score (nSPS) is 21.5. The van der Waals surface area contributed by atoms with Gasteiger partial charge in [-0.25, -0.2) is 0 Å². The lowest BCUT2D eigenvalue weighted by Crippen LogP contribution is -2.16. The van der Waals surface area contributed by atoms with E-state index in [9.17, 15) is 0 Å². The van der Waals surface area contributed by atoms with E-state index in [4.69, 9.17) is 10.3 Å². The van der Waals surface area contributed by atoms with Crippen molar-refractivity contribution in [1.82, 2.24) is 5.16 Å². The molecule has 0 bridgehead atoms. The van der Waals surface area contributed by atoms with Gasteiger partial charge in [0.15, 0.2) is 0 Å². The first-order chi connectivity index (χ1) is 6.31. The number of hydrogen-bond donors (Lipinski definition) is 1. The van der Waals surface area contributed by atoms with Gasteiger partial charge in [-0.1, -0.05) is 5.16 Å². The van der Waals surface area contributed by atoms with Crippen LogP contribution in [0.3, 0.4) is 0 Å². The van der Waals surface area contributed by atoms with E-state index in [0.29, 0.717) is 5.92 Å². The van der Waals surface area contributed by atoms with Crippen LogP contribution in [0.25, 0.3) is 0 Å². The van der Waals surface area contributed by atoms with Crippen LogP contribution in [-0.2, 0) is 12.8 Å². The largest absolute Gasteiger partial charge is 0.361 e. The minimum absolute atomic E-state index is 0.713. The van der Waals surface area contributed by atoms with Gasteiger partial charge in [0.1, 0.15) is 5.76 Å². The lowest BCUT2D eigenvalue weighted by atomic mass is 9.85. The van der Waals surface area contributed by atoms with Crippen LogP contribution in [0.4, 0.5) is 0 Å². The number of nitrogens with two attached hydrogens (primary N) is 1. The highest BCUT2D eigenvalue weighted by Gasteiger charge is 2.23. The summed E-state index contributed by atoms with van der Waals surface area (Å²) in [5, 5.41) is 3.99. The first-order valence-corrected chi connectivity index (χ1v) is 4.95. The number of hydrogen-bond acceptors (Lipinski definition) is 3. The second-order valence-corrected chi connectivity index (χ2v) is 3.86. The van der Waals surface area contributed by atoms with Crippen molar-refractivity contribution in [2.24, 2.45) is 11.7 Å². The summed E-state index contributed by atoms with van der Waals surface area (Å²) in [5.74, 6) is 1.81. The summed E-state index contributed by atoms with van der Waals surface area (Å²) < 4.78 is 5.27. The van der Waals surface area contributed by atoms with Crippen LogP contribution in [0, 0.1) is 12.8 Å². The van der Waals surface area contributed by atoms with Crippen molar-refractivity contribution in [3.8, 4) is 0 Å². The molecule has 1 unspecified atom stereocenters. The zero-order valence-electron chi connectivity index (χ0n) is 8.05. The van der Waals surface area contributed by atoms with E-state index in [1.807, 2.05) is 6.92 Å². The van der Waals surface area contributed by atoms with E-state index in [-0.39, 0.29) is 0 Å². The van der Waals surface area contributed by atoms with Crippen molar-refractivity contribution in [2.45, 2.75) is 32.6 Å². The Morgan fingerprint density at radius 3 is 3.23 bits per heavy atom. The molecule has 1 aromatic heterocycles. The maximum Gasteiger partial charge on any atom is 0.140 e. The molecule has 3 heteroatoms. The summed E-state index contributed by atoms with van der Waals surface area (Å²) in [4.78, 5) is 0. The van der Waals surface area contributed by atoms with E-state index in [1.165, 1.54) is 12.0 Å². The molecule has 1 heterocycles. The van der Waals surface area contributed by atoms with Gasteiger partial charge in [0, 0.05) is 12.0 Å². The Morgan fingerprint density at radius 2 is 2.46 bits per heavy atom. The lowest BCUT2D eigenvalue weighted by Gasteiger charge is -2.19. The Labute approximate surface area is 78.3 Å². The number of aryl methyl sites for hydroxylation is 1. The summed E-state index contributed by atoms with van der Waals surface area (Å²) in [6.07, 6.45) is 4.51. The Morgan fingerprint density at radius 1 is 1.62 bits per heavy atom. The molecule has 0 spiro atoms. The van der Waals surface area contributed by atoms with Gasteiger partial charge in [0.05, 0.1) is 5.69 Å². The highest BCUT2D eigenvalue weighted by Crippen LogP contribution is 2.28. The molecule has 0 radical (unpaired) electrons. The van der Waals surface area contributed by atoms with Crippen LogP contribution in [0.2, 0.25) is 0 Å². The SMILES string of the molecule is Cc1noc2c1CCC(CCN)C2. The van der Waals surface area contributed by atoms with Crippen molar-refractivity contribution in [2.75, 3.05) is 6.54 Å². The summed E-state index contributed by atoms with van der Waals surface area (Å²) >= 11 is 0. The van der Waals surface area contributed by atoms with Gasteiger partial charge >= 0.3 is 0 Å². The molecule has 1 aromatic rings.